The SMILES string of the molecule is C[C@@H]1O[C@@H](O[C@@H]2[C@H](O)[C@@H](O[C@@H]3[C@@H](O)[C@H](C)O[C@@H](O[C@H]4[C@H](O)[C@@H](CO)OC(O)[C@@H]4O)[C@@H]3O)O[C@H](CO)[C@H]2O)[C@H](O[C@H]2O[C@H](CO)[C@H](O)[C@H](O[C@@H]3O[C@@H]([C@H](O)CO)[C@H](O)[C@H]3O)[C@H]2O)[C@H](O)[C@H]1O. The molecule has 0 aromatic rings. The van der Waals surface area contributed by atoms with Crippen molar-refractivity contribution in [3.8, 4) is 0 Å². The molecule has 0 saturated carbocycles. The molecule has 6 saturated heterocycles. The van der Waals surface area contributed by atoms with E-state index in [2.05, 4.69) is 0 Å². The van der Waals surface area contributed by atoms with Crippen molar-refractivity contribution in [2.24, 2.45) is 0 Å². The van der Waals surface area contributed by atoms with Crippen LogP contribution in [0, 0.1) is 0 Å². The first-order valence-electron chi connectivity index (χ1n) is 20.9. The van der Waals surface area contributed by atoms with Crippen molar-refractivity contribution in [1.29, 1.82) is 0 Å². The number of ether oxygens (including phenoxy) is 11. The van der Waals surface area contributed by atoms with Gasteiger partial charge in [0.05, 0.1) is 38.6 Å². The number of aliphatic hydroxyl groups excluding tert-OH is 18. The summed E-state index contributed by atoms with van der Waals surface area (Å²) in [5.41, 5.74) is 0. The molecule has 65 heavy (non-hydrogen) atoms. The lowest BCUT2D eigenvalue weighted by molar-refractivity contribution is -0.399. The molecule has 0 radical (unpaired) electrons. The van der Waals surface area contributed by atoms with Crippen LogP contribution < -0.4 is 0 Å². The van der Waals surface area contributed by atoms with E-state index in [1.807, 2.05) is 0 Å². The van der Waals surface area contributed by atoms with E-state index in [-0.39, 0.29) is 0 Å². The van der Waals surface area contributed by atoms with E-state index in [0.717, 1.165) is 0 Å². The van der Waals surface area contributed by atoms with Gasteiger partial charge >= 0.3 is 0 Å². The molecule has 1 unspecified atom stereocenters. The van der Waals surface area contributed by atoms with E-state index in [1.54, 1.807) is 0 Å². The van der Waals surface area contributed by atoms with Crippen molar-refractivity contribution in [2.75, 3.05) is 26.4 Å². The molecule has 0 amide bonds. The highest BCUT2D eigenvalue weighted by atomic mass is 16.8. The highest BCUT2D eigenvalue weighted by molar-refractivity contribution is 4.99. The zero-order valence-electron chi connectivity index (χ0n) is 34.7. The predicted molar refractivity (Wildman–Crippen MR) is 196 cm³/mol. The van der Waals surface area contributed by atoms with Crippen LogP contribution in [0.4, 0.5) is 0 Å². The number of hydrogen-bond donors (Lipinski definition) is 18. The topological polar surface area (TPSA) is 466 Å². The van der Waals surface area contributed by atoms with Crippen molar-refractivity contribution in [2.45, 2.75) is 198 Å². The molecule has 30 atom stereocenters. The van der Waals surface area contributed by atoms with Gasteiger partial charge in [-0.05, 0) is 13.8 Å². The summed E-state index contributed by atoms with van der Waals surface area (Å²) in [6.07, 6.45) is -54.8. The van der Waals surface area contributed by atoms with Gasteiger partial charge in [0.1, 0.15) is 134 Å². The minimum absolute atomic E-state index is 0.815. The summed E-state index contributed by atoms with van der Waals surface area (Å²) in [5, 5.41) is 191. The molecule has 380 valence electrons. The molecule has 6 aliphatic rings. The second-order valence-corrected chi connectivity index (χ2v) is 16.7. The van der Waals surface area contributed by atoms with Crippen molar-refractivity contribution in [3.63, 3.8) is 0 Å². The first-order valence-corrected chi connectivity index (χ1v) is 20.9. The van der Waals surface area contributed by atoms with Gasteiger partial charge in [0.15, 0.2) is 37.7 Å². The largest absolute Gasteiger partial charge is 0.394 e. The highest BCUT2D eigenvalue weighted by Crippen LogP contribution is 2.37. The molecule has 0 spiro atoms. The van der Waals surface area contributed by atoms with E-state index in [0.29, 0.717) is 0 Å². The van der Waals surface area contributed by atoms with Crippen LogP contribution in [0.2, 0.25) is 0 Å². The maximum absolute atomic E-state index is 11.6. The molecule has 0 bridgehead atoms. The molecule has 6 fully saturated rings. The van der Waals surface area contributed by atoms with E-state index in [4.69, 9.17) is 52.1 Å². The zero-order valence-corrected chi connectivity index (χ0v) is 34.7. The van der Waals surface area contributed by atoms with Gasteiger partial charge in [0, 0.05) is 0 Å². The van der Waals surface area contributed by atoms with Crippen molar-refractivity contribution in [3.05, 3.63) is 0 Å². The van der Waals surface area contributed by atoms with Crippen LogP contribution in [-0.4, -0.2) is 303 Å². The number of aliphatic hydroxyl groups is 18. The summed E-state index contributed by atoms with van der Waals surface area (Å²) in [5.74, 6) is 0. The smallest absolute Gasteiger partial charge is 0.187 e. The Balaban J connectivity index is 1.19. The third kappa shape index (κ3) is 10.8. The lowest BCUT2D eigenvalue weighted by Gasteiger charge is -2.50. The summed E-state index contributed by atoms with van der Waals surface area (Å²) < 4.78 is 61.5. The van der Waals surface area contributed by atoms with Crippen LogP contribution in [0.15, 0.2) is 0 Å². The van der Waals surface area contributed by atoms with E-state index < -0.39 is 211 Å². The van der Waals surface area contributed by atoms with Gasteiger partial charge < -0.3 is 144 Å². The summed E-state index contributed by atoms with van der Waals surface area (Å²) in [7, 11) is 0. The van der Waals surface area contributed by atoms with Gasteiger partial charge in [-0.1, -0.05) is 0 Å². The molecule has 6 heterocycles. The Kier molecular flexibility index (Phi) is 18.2. The summed E-state index contributed by atoms with van der Waals surface area (Å²) in [4.78, 5) is 0. The van der Waals surface area contributed by atoms with Crippen LogP contribution in [-0.2, 0) is 52.1 Å². The normalized spacial score (nSPS) is 53.8. The van der Waals surface area contributed by atoms with Gasteiger partial charge in [0.25, 0.3) is 0 Å². The third-order valence-electron chi connectivity index (χ3n) is 12.3. The standard InChI is InChI=1S/C36H62O29/c1-7-13(42)18(47)30(65-35-23(52)28(16(45)11(5-39)59-35)63-32-20(49)19(48)25(60-32)9(41)3-37)36(56-7)64-29-17(46)12(6-40)58-34(24(29)53)61-26-14(43)8(2)55-33(22(26)51)62-27-15(44)10(4-38)57-31(54)21(27)50/h7-54H,3-6H2,1-2H3/t7-,8-,9+,10+,11+,12+,13-,14-,15+,16-,17+,18+,19+,20+,21+,22+,23+,24-,25-,26+,27-,28-,29-,30+,31?,32-,33-,34+,35+,36-/m0/s1. The van der Waals surface area contributed by atoms with Crippen LogP contribution >= 0.6 is 0 Å². The van der Waals surface area contributed by atoms with Gasteiger partial charge in [-0.2, -0.15) is 0 Å². The molecule has 29 nitrogen and oxygen atoms in total. The van der Waals surface area contributed by atoms with Crippen molar-refractivity contribution >= 4 is 0 Å². The average Bonchev–Trinajstić information content (AvgIpc) is 3.56. The average molecular weight is 959 g/mol. The Bertz CT molecular complexity index is 1470. The molecule has 0 aromatic heterocycles. The van der Waals surface area contributed by atoms with Crippen molar-refractivity contribution in [1.82, 2.24) is 0 Å². The fourth-order valence-electron chi connectivity index (χ4n) is 8.39. The van der Waals surface area contributed by atoms with Gasteiger partial charge in [-0.25, -0.2) is 0 Å². The Labute approximate surface area is 368 Å². The fraction of sp³-hybridized carbons (Fsp3) is 1.00. The molecular formula is C36H62O29. The second-order valence-electron chi connectivity index (χ2n) is 16.7. The Morgan fingerprint density at radius 2 is 0.723 bits per heavy atom. The van der Waals surface area contributed by atoms with E-state index in [1.165, 1.54) is 13.8 Å². The summed E-state index contributed by atoms with van der Waals surface area (Å²) in [6, 6.07) is 0. The Morgan fingerprint density at radius 3 is 1.20 bits per heavy atom. The van der Waals surface area contributed by atoms with Crippen molar-refractivity contribution < 1.29 is 144 Å². The third-order valence-corrected chi connectivity index (χ3v) is 12.3. The molecule has 0 aromatic carbocycles. The molecule has 0 aliphatic carbocycles. The quantitative estimate of drug-likeness (QED) is 0.0724. The molecule has 6 rings (SSSR count). The lowest BCUT2D eigenvalue weighted by Crippen LogP contribution is -2.68. The highest BCUT2D eigenvalue weighted by Gasteiger charge is 2.58. The monoisotopic (exact) mass is 958 g/mol. The van der Waals surface area contributed by atoms with Gasteiger partial charge in [0.2, 0.25) is 0 Å². The second kappa shape index (κ2) is 22.3. The fourth-order valence-corrected chi connectivity index (χ4v) is 8.39. The number of rotatable bonds is 15. The first kappa shape index (κ1) is 53.2. The van der Waals surface area contributed by atoms with Crippen LogP contribution in [0.3, 0.4) is 0 Å². The molecule has 18 N–H and O–H groups in total. The molecule has 6 aliphatic heterocycles. The molecular weight excluding hydrogens is 896 g/mol. The maximum Gasteiger partial charge on any atom is 0.187 e. The van der Waals surface area contributed by atoms with Crippen LogP contribution in [0.5, 0.6) is 0 Å². The van der Waals surface area contributed by atoms with Crippen LogP contribution in [0.25, 0.3) is 0 Å². The minimum atomic E-state index is -2.16. The Morgan fingerprint density at radius 1 is 0.354 bits per heavy atom. The van der Waals surface area contributed by atoms with Crippen LogP contribution in [0.1, 0.15) is 13.8 Å². The van der Waals surface area contributed by atoms with Gasteiger partial charge in [-0.15, -0.1) is 0 Å². The summed E-state index contributed by atoms with van der Waals surface area (Å²) in [6.45, 7) is -1.06. The Hall–Kier alpha value is -1.16. The minimum Gasteiger partial charge on any atom is -0.394 e. The van der Waals surface area contributed by atoms with E-state index in [9.17, 15) is 91.9 Å². The summed E-state index contributed by atoms with van der Waals surface area (Å²) >= 11 is 0. The molecule has 29 heteroatoms. The lowest BCUT2D eigenvalue weighted by atomic mass is 9.95. The van der Waals surface area contributed by atoms with E-state index >= 15 is 0 Å². The number of hydrogen-bond acceptors (Lipinski definition) is 29. The maximum atomic E-state index is 11.6. The zero-order chi connectivity index (χ0) is 47.9. The predicted octanol–water partition coefficient (Wildman–Crippen LogP) is -12.0. The van der Waals surface area contributed by atoms with Gasteiger partial charge in [-0.3, -0.25) is 0 Å². The first-order chi connectivity index (χ1) is 30.7.